The lowest BCUT2D eigenvalue weighted by molar-refractivity contribution is 0.262. The first-order valence-corrected chi connectivity index (χ1v) is 7.02. The number of benzene rings is 2. The average molecular weight is 299 g/mol. The molecule has 0 heterocycles. The molecular weight excluding hydrogens is 278 g/mol. The van der Waals surface area contributed by atoms with E-state index in [9.17, 15) is 4.79 Å². The first-order chi connectivity index (χ1) is 10.6. The van der Waals surface area contributed by atoms with Crippen molar-refractivity contribution < 1.29 is 9.53 Å². The molecule has 0 aliphatic carbocycles. The van der Waals surface area contributed by atoms with E-state index >= 15 is 0 Å². The van der Waals surface area contributed by atoms with E-state index in [4.69, 9.17) is 4.74 Å². The Hall–Kier alpha value is -2.53. The Morgan fingerprint density at radius 3 is 2.36 bits per heavy atom. The lowest BCUT2D eigenvalue weighted by atomic mass is 10.2. The Bertz CT molecular complexity index is 624. The number of urea groups is 1. The van der Waals surface area contributed by atoms with Gasteiger partial charge in [-0.05, 0) is 43.9 Å². The minimum atomic E-state index is -0.284. The van der Waals surface area contributed by atoms with Crippen LogP contribution in [0.2, 0.25) is 0 Å². The lowest BCUT2D eigenvalue weighted by Gasteiger charge is -2.11. The summed E-state index contributed by atoms with van der Waals surface area (Å²) in [4.78, 5) is 14.1. The van der Waals surface area contributed by atoms with Crippen molar-refractivity contribution in [2.24, 2.45) is 0 Å². The van der Waals surface area contributed by atoms with Crippen LogP contribution in [0.3, 0.4) is 0 Å². The number of hydrogen-bond donors (Lipinski definition) is 2. The summed E-state index contributed by atoms with van der Waals surface area (Å²) in [6.45, 7) is 0.871. The fourth-order valence-corrected chi connectivity index (χ4v) is 2.05. The molecule has 5 nitrogen and oxygen atoms in total. The van der Waals surface area contributed by atoms with Crippen LogP contribution in [-0.2, 0) is 6.54 Å². The molecule has 0 radical (unpaired) electrons. The third-order valence-corrected chi connectivity index (χ3v) is 3.04. The topological polar surface area (TPSA) is 53.6 Å². The molecule has 0 bridgehead atoms. The van der Waals surface area contributed by atoms with E-state index in [2.05, 4.69) is 15.5 Å². The molecule has 2 N–H and O–H groups in total. The second-order valence-corrected chi connectivity index (χ2v) is 5.25. The molecule has 0 unspecified atom stereocenters. The van der Waals surface area contributed by atoms with Gasteiger partial charge in [-0.2, -0.15) is 0 Å². The van der Waals surface area contributed by atoms with Crippen LogP contribution in [0.25, 0.3) is 0 Å². The van der Waals surface area contributed by atoms with Crippen molar-refractivity contribution in [1.29, 1.82) is 0 Å². The summed E-state index contributed by atoms with van der Waals surface area (Å²) in [5.41, 5.74) is 2.63. The van der Waals surface area contributed by atoms with Crippen LogP contribution < -0.4 is 15.4 Å². The van der Waals surface area contributed by atoms with Crippen LogP contribution in [0, 0.1) is 0 Å². The van der Waals surface area contributed by atoms with Crippen molar-refractivity contribution in [3.8, 4) is 5.75 Å². The number of hydrogen-bond acceptors (Lipinski definition) is 3. The third kappa shape index (κ3) is 4.79. The fraction of sp³-hybridized carbons (Fsp3) is 0.235. The van der Waals surface area contributed by atoms with Gasteiger partial charge < -0.3 is 20.3 Å². The standard InChI is InChI=1S/C17H21N3O2/c1-20(2)12-13-7-9-14(10-8-13)18-17(21)19-15-5-4-6-16(11-15)22-3/h4-11H,12H2,1-3H3,(H2,18,19,21). The van der Waals surface area contributed by atoms with Gasteiger partial charge in [-0.15, -0.1) is 0 Å². The molecular formula is C17H21N3O2. The largest absolute Gasteiger partial charge is 0.497 e. The number of anilines is 2. The number of carbonyl (C=O) groups is 1. The highest BCUT2D eigenvalue weighted by Crippen LogP contribution is 2.17. The molecule has 22 heavy (non-hydrogen) atoms. The van der Waals surface area contributed by atoms with Gasteiger partial charge in [0.25, 0.3) is 0 Å². The monoisotopic (exact) mass is 299 g/mol. The molecule has 0 spiro atoms. The quantitative estimate of drug-likeness (QED) is 0.889. The van der Waals surface area contributed by atoms with Gasteiger partial charge in [-0.3, -0.25) is 0 Å². The van der Waals surface area contributed by atoms with Crippen molar-refractivity contribution in [3.05, 3.63) is 54.1 Å². The minimum absolute atomic E-state index is 0.284. The number of amides is 2. The maximum Gasteiger partial charge on any atom is 0.323 e. The number of methoxy groups -OCH3 is 1. The first-order valence-electron chi connectivity index (χ1n) is 7.02. The molecule has 0 aliphatic rings. The zero-order valence-electron chi connectivity index (χ0n) is 13.1. The summed E-state index contributed by atoms with van der Waals surface area (Å²) in [6.07, 6.45) is 0. The summed E-state index contributed by atoms with van der Waals surface area (Å²) in [7, 11) is 5.63. The van der Waals surface area contributed by atoms with Crippen molar-refractivity contribution in [2.45, 2.75) is 6.54 Å². The molecule has 2 aromatic carbocycles. The van der Waals surface area contributed by atoms with Gasteiger partial charge in [0.15, 0.2) is 0 Å². The highest BCUT2D eigenvalue weighted by Gasteiger charge is 2.04. The molecule has 0 aromatic heterocycles. The molecule has 2 rings (SSSR count). The van der Waals surface area contributed by atoms with Gasteiger partial charge in [0.2, 0.25) is 0 Å². The fourth-order valence-electron chi connectivity index (χ4n) is 2.05. The van der Waals surface area contributed by atoms with Crippen molar-refractivity contribution in [2.75, 3.05) is 31.8 Å². The summed E-state index contributed by atoms with van der Waals surface area (Å²) >= 11 is 0. The van der Waals surface area contributed by atoms with Crippen LogP contribution in [0.1, 0.15) is 5.56 Å². The van der Waals surface area contributed by atoms with Crippen LogP contribution in [-0.4, -0.2) is 32.1 Å². The van der Waals surface area contributed by atoms with E-state index in [0.29, 0.717) is 11.4 Å². The number of nitrogens with zero attached hydrogens (tertiary/aromatic N) is 1. The van der Waals surface area contributed by atoms with Crippen LogP contribution in [0.4, 0.5) is 16.2 Å². The van der Waals surface area contributed by atoms with Crippen molar-refractivity contribution in [1.82, 2.24) is 4.90 Å². The molecule has 0 saturated carbocycles. The number of ether oxygens (including phenoxy) is 1. The highest BCUT2D eigenvalue weighted by atomic mass is 16.5. The first kappa shape index (κ1) is 15.9. The van der Waals surface area contributed by atoms with E-state index in [1.54, 1.807) is 13.2 Å². The number of nitrogens with one attached hydrogen (secondary N) is 2. The third-order valence-electron chi connectivity index (χ3n) is 3.04. The Morgan fingerprint density at radius 1 is 1.05 bits per heavy atom. The highest BCUT2D eigenvalue weighted by molar-refractivity contribution is 5.99. The molecule has 5 heteroatoms. The number of carbonyl (C=O) groups excluding carboxylic acids is 1. The Balaban J connectivity index is 1.93. The molecule has 0 atom stereocenters. The SMILES string of the molecule is COc1cccc(NC(=O)Nc2ccc(CN(C)C)cc2)c1. The minimum Gasteiger partial charge on any atom is -0.497 e. The summed E-state index contributed by atoms with van der Waals surface area (Å²) < 4.78 is 5.12. The second-order valence-electron chi connectivity index (χ2n) is 5.25. The molecule has 2 aromatic rings. The van der Waals surface area contributed by atoms with E-state index in [0.717, 1.165) is 12.2 Å². The number of rotatable bonds is 5. The zero-order chi connectivity index (χ0) is 15.9. The lowest BCUT2D eigenvalue weighted by Crippen LogP contribution is -2.19. The predicted molar refractivity (Wildman–Crippen MR) is 89.5 cm³/mol. The van der Waals surface area contributed by atoms with E-state index in [1.165, 1.54) is 5.56 Å². The van der Waals surface area contributed by atoms with Crippen LogP contribution in [0.15, 0.2) is 48.5 Å². The maximum atomic E-state index is 12.0. The molecule has 0 aliphatic heterocycles. The molecule has 0 saturated heterocycles. The van der Waals surface area contributed by atoms with Crippen LogP contribution >= 0.6 is 0 Å². The van der Waals surface area contributed by atoms with Gasteiger partial charge in [0.1, 0.15) is 5.75 Å². The smallest absolute Gasteiger partial charge is 0.323 e. The molecule has 0 fully saturated rings. The second kappa shape index (κ2) is 7.47. The predicted octanol–water partition coefficient (Wildman–Crippen LogP) is 3.40. The van der Waals surface area contributed by atoms with Gasteiger partial charge >= 0.3 is 6.03 Å². The summed E-state index contributed by atoms with van der Waals surface area (Å²) in [6, 6.07) is 14.7. The normalized spacial score (nSPS) is 10.4. The summed E-state index contributed by atoms with van der Waals surface area (Å²) in [5.74, 6) is 0.700. The maximum absolute atomic E-state index is 12.0. The Kier molecular flexibility index (Phi) is 5.38. The Morgan fingerprint density at radius 2 is 1.73 bits per heavy atom. The van der Waals surface area contributed by atoms with Crippen LogP contribution in [0.5, 0.6) is 5.75 Å². The van der Waals surface area contributed by atoms with E-state index in [1.807, 2.05) is 56.6 Å². The average Bonchev–Trinajstić information content (AvgIpc) is 2.49. The van der Waals surface area contributed by atoms with E-state index < -0.39 is 0 Å². The van der Waals surface area contributed by atoms with Crippen molar-refractivity contribution >= 4 is 17.4 Å². The zero-order valence-corrected chi connectivity index (χ0v) is 13.1. The molecule has 2 amide bonds. The van der Waals surface area contributed by atoms with Gasteiger partial charge in [0, 0.05) is 24.0 Å². The van der Waals surface area contributed by atoms with Gasteiger partial charge in [-0.25, -0.2) is 4.79 Å². The Labute approximate surface area is 130 Å². The van der Waals surface area contributed by atoms with Crippen molar-refractivity contribution in [3.63, 3.8) is 0 Å². The van der Waals surface area contributed by atoms with Gasteiger partial charge in [0.05, 0.1) is 7.11 Å². The van der Waals surface area contributed by atoms with E-state index in [-0.39, 0.29) is 6.03 Å². The van der Waals surface area contributed by atoms with Gasteiger partial charge in [-0.1, -0.05) is 18.2 Å². The summed E-state index contributed by atoms with van der Waals surface area (Å²) in [5, 5.41) is 5.58. The molecule has 116 valence electrons.